The zero-order valence-electron chi connectivity index (χ0n) is 31.3. The number of benzene rings is 1. The second-order valence-corrected chi connectivity index (χ2v) is 18.1. The molecule has 0 radical (unpaired) electrons. The van der Waals surface area contributed by atoms with Gasteiger partial charge in [-0.05, 0) is 68.4 Å². The lowest BCUT2D eigenvalue weighted by atomic mass is 10.0. The molecule has 3 heterocycles. The zero-order valence-corrected chi connectivity index (χ0v) is 32.1. The van der Waals surface area contributed by atoms with Crippen LogP contribution in [0.1, 0.15) is 82.3 Å². The van der Waals surface area contributed by atoms with E-state index in [0.29, 0.717) is 70.4 Å². The van der Waals surface area contributed by atoms with Gasteiger partial charge in [0.15, 0.2) is 0 Å². The summed E-state index contributed by atoms with van der Waals surface area (Å²) in [6.07, 6.45) is 8.34. The molecule has 0 bridgehead atoms. The van der Waals surface area contributed by atoms with Crippen molar-refractivity contribution in [3.8, 4) is 0 Å². The third kappa shape index (κ3) is 8.31. The fraction of sp³-hybridized carbons (Fsp3) is 0.615. The average molecular weight is 781 g/mol. The lowest BCUT2D eigenvalue weighted by Gasteiger charge is -2.38. The van der Waals surface area contributed by atoms with Crippen molar-refractivity contribution in [3.63, 3.8) is 0 Å². The molecule has 3 amide bonds. The number of allylic oxidation sites excluding steroid dienone is 2. The number of sulfonamides is 1. The Labute approximate surface area is 321 Å². The highest BCUT2D eigenvalue weighted by molar-refractivity contribution is 7.90. The summed E-state index contributed by atoms with van der Waals surface area (Å²) in [7, 11) is -3.59. The van der Waals surface area contributed by atoms with Crippen LogP contribution in [0.4, 0.5) is 16.2 Å². The van der Waals surface area contributed by atoms with Gasteiger partial charge in [-0.1, -0.05) is 56.2 Å². The van der Waals surface area contributed by atoms with Crippen molar-refractivity contribution in [1.29, 1.82) is 0 Å². The minimum Gasteiger partial charge on any atom is -0.445 e. The van der Waals surface area contributed by atoms with E-state index in [1.54, 1.807) is 11.8 Å². The topological polar surface area (TPSA) is 209 Å². The van der Waals surface area contributed by atoms with E-state index >= 15 is 0 Å². The fourth-order valence-electron chi connectivity index (χ4n) is 8.13. The number of primary amides is 1. The van der Waals surface area contributed by atoms with E-state index in [4.69, 9.17) is 10.5 Å². The second kappa shape index (κ2) is 15.7. The van der Waals surface area contributed by atoms with E-state index in [2.05, 4.69) is 10.0 Å². The van der Waals surface area contributed by atoms with E-state index in [0.717, 1.165) is 31.2 Å². The molecule has 1 unspecified atom stereocenters. The van der Waals surface area contributed by atoms with Crippen LogP contribution in [0.15, 0.2) is 46.0 Å². The Morgan fingerprint density at radius 3 is 2.51 bits per heavy atom. The summed E-state index contributed by atoms with van der Waals surface area (Å²) in [6.45, 7) is 4.08. The van der Waals surface area contributed by atoms with Gasteiger partial charge in [-0.2, -0.15) is 0 Å². The molecule has 0 spiro atoms. The van der Waals surface area contributed by atoms with E-state index < -0.39 is 73.9 Å². The van der Waals surface area contributed by atoms with Crippen molar-refractivity contribution < 1.29 is 32.6 Å². The number of rotatable bonds is 17. The van der Waals surface area contributed by atoms with E-state index in [-0.39, 0.29) is 24.6 Å². The predicted octanol–water partition coefficient (Wildman–Crippen LogP) is 1.86. The number of amides is 3. The third-order valence-electron chi connectivity index (χ3n) is 12.1. The van der Waals surface area contributed by atoms with Crippen molar-refractivity contribution in [2.45, 2.75) is 114 Å². The molecule has 2 saturated carbocycles. The van der Waals surface area contributed by atoms with Gasteiger partial charge in [0, 0.05) is 39.1 Å². The number of hydrogen-bond donors (Lipinski definition) is 4. The minimum absolute atomic E-state index is 0.0273. The van der Waals surface area contributed by atoms with Crippen LogP contribution in [0.5, 0.6) is 0 Å². The maximum Gasteiger partial charge on any atom is 0.410 e. The number of fused-ring (bicyclic) bond motifs is 1. The number of aliphatic hydroxyl groups is 1. The van der Waals surface area contributed by atoms with Crippen LogP contribution in [-0.2, 0) is 37.3 Å². The van der Waals surface area contributed by atoms with Crippen LogP contribution in [0, 0.1) is 11.3 Å². The van der Waals surface area contributed by atoms with Crippen LogP contribution >= 0.6 is 0 Å². The maximum atomic E-state index is 13.2. The smallest absolute Gasteiger partial charge is 0.410 e. The highest BCUT2D eigenvalue weighted by Gasteiger charge is 2.56. The fourth-order valence-corrected chi connectivity index (χ4v) is 9.54. The summed E-state index contributed by atoms with van der Waals surface area (Å²) in [6, 6.07) is 6.27. The molecule has 5 aliphatic rings. The first kappa shape index (κ1) is 39.0. The van der Waals surface area contributed by atoms with Crippen LogP contribution < -0.4 is 31.5 Å². The van der Waals surface area contributed by atoms with Crippen molar-refractivity contribution in [3.05, 3.63) is 68.0 Å². The van der Waals surface area contributed by atoms with Gasteiger partial charge >= 0.3 is 6.09 Å². The van der Waals surface area contributed by atoms with Gasteiger partial charge in [0.1, 0.15) is 23.7 Å². The zero-order chi connectivity index (χ0) is 39.1. The molecule has 5 N–H and O–H groups in total. The first-order chi connectivity index (χ1) is 26.3. The van der Waals surface area contributed by atoms with E-state index in [9.17, 15) is 37.5 Å². The molecule has 6 atom stereocenters. The van der Waals surface area contributed by atoms with E-state index in [1.165, 1.54) is 10.5 Å². The van der Waals surface area contributed by atoms with Gasteiger partial charge in [-0.25, -0.2) is 13.2 Å². The number of carbonyl (C=O) groups is 3. The summed E-state index contributed by atoms with van der Waals surface area (Å²) in [5, 5.41) is 14.6. The van der Waals surface area contributed by atoms with Crippen LogP contribution in [-0.4, -0.2) is 97.1 Å². The van der Waals surface area contributed by atoms with Gasteiger partial charge in [-0.3, -0.25) is 28.8 Å². The van der Waals surface area contributed by atoms with Gasteiger partial charge in [0.05, 0.1) is 22.7 Å². The number of nitrogens with one attached hydrogen (secondary N) is 2. The number of unbranched alkanes of at least 4 members (excludes halogenated alkanes) is 3. The number of anilines is 2. The lowest BCUT2D eigenvalue weighted by Crippen LogP contribution is -2.55. The Bertz CT molecular complexity index is 2010. The number of aliphatic hydroxyl groups excluding tert-OH is 1. The monoisotopic (exact) mass is 780 g/mol. The van der Waals surface area contributed by atoms with Crippen LogP contribution in [0.3, 0.4) is 0 Å². The molecule has 3 aliphatic heterocycles. The molecule has 16 heteroatoms. The molecule has 4 fully saturated rings. The molecule has 2 saturated heterocycles. The Kier molecular flexibility index (Phi) is 11.1. The van der Waals surface area contributed by atoms with E-state index in [1.807, 2.05) is 41.3 Å². The maximum absolute atomic E-state index is 13.2. The quantitative estimate of drug-likeness (QED) is 0.103. The van der Waals surface area contributed by atoms with Crippen LogP contribution in [0.25, 0.3) is 0 Å². The number of hydrogen-bond acceptors (Lipinski definition) is 12. The molecule has 2 aliphatic carbocycles. The normalized spacial score (nSPS) is 26.3. The summed E-state index contributed by atoms with van der Waals surface area (Å²) in [4.78, 5) is 68.9. The third-order valence-corrected chi connectivity index (χ3v) is 14.0. The lowest BCUT2D eigenvalue weighted by molar-refractivity contribution is -0.127. The molecule has 55 heavy (non-hydrogen) atoms. The molecular weight excluding hydrogens is 729 g/mol. The molecule has 2 aromatic carbocycles. The Morgan fingerprint density at radius 2 is 1.82 bits per heavy atom. The Balaban J connectivity index is 0.949. The standard InChI is InChI=1S/C39H52N6O9S/c1-39(37(50)42-55(52,53)28-14-15-28)21-26(39)12-5-3-2-4-6-13-29(41-31-32(34(47)33(31)46)43-17-9-18-43)36(49)45-23-27(20-30(45)35(40)48)54-38(51)44-19-16-24-10-7-8-11-25(24)22-44/h5,7-8,10-12,26-30,36,41,49H,2-4,6,9,13-23H2,1H3,(H2,40,48)(H,42,50)/b12-5-/t26-,27-,29+,30+,36?,39+/m1/s1. The summed E-state index contributed by atoms with van der Waals surface area (Å²) < 4.78 is 32.6. The molecular formula is C39H52N6O9S. The largest absolute Gasteiger partial charge is 0.445 e. The van der Waals surface area contributed by atoms with Gasteiger partial charge in [-0.15, -0.1) is 0 Å². The van der Waals surface area contributed by atoms with Crippen molar-refractivity contribution >= 4 is 39.3 Å². The highest BCUT2D eigenvalue weighted by atomic mass is 32.2. The van der Waals surface area contributed by atoms with Gasteiger partial charge < -0.3 is 30.7 Å². The molecule has 2 aromatic rings. The minimum atomic E-state index is -3.59. The summed E-state index contributed by atoms with van der Waals surface area (Å²) in [5.41, 5.74) is 6.63. The molecule has 0 aromatic heterocycles. The predicted molar refractivity (Wildman–Crippen MR) is 205 cm³/mol. The highest BCUT2D eigenvalue weighted by Crippen LogP contribution is 2.53. The van der Waals surface area contributed by atoms with Crippen molar-refractivity contribution in [2.24, 2.45) is 17.1 Å². The van der Waals surface area contributed by atoms with Crippen LogP contribution in [0.2, 0.25) is 0 Å². The second-order valence-electron chi connectivity index (χ2n) is 16.2. The van der Waals surface area contributed by atoms with Crippen molar-refractivity contribution in [1.82, 2.24) is 14.5 Å². The Hall–Kier alpha value is -4.28. The molecule has 298 valence electrons. The van der Waals surface area contributed by atoms with Gasteiger partial charge in [0.25, 0.3) is 10.9 Å². The number of ether oxygens (including phenoxy) is 1. The number of nitrogens with zero attached hydrogens (tertiary/aromatic N) is 3. The number of likely N-dealkylation sites (tertiary alicyclic amines) is 1. The summed E-state index contributed by atoms with van der Waals surface area (Å²) in [5.74, 6) is -1.14. The Morgan fingerprint density at radius 1 is 1.07 bits per heavy atom. The first-order valence-electron chi connectivity index (χ1n) is 19.6. The molecule has 15 nitrogen and oxygen atoms in total. The number of carbonyl (C=O) groups excluding carboxylic acids is 3. The summed E-state index contributed by atoms with van der Waals surface area (Å²) >= 11 is 0. The first-order valence-corrected chi connectivity index (χ1v) is 21.1. The van der Waals surface area contributed by atoms with Crippen molar-refractivity contribution in [2.75, 3.05) is 36.4 Å². The SMILES string of the molecule is C[C@]1(C(=O)NS(=O)(=O)C2CC2)C[C@H]1/C=C\CCCCC[C@H](Nc1c(N2CCC2)c(=O)c1=O)C(O)N1C[C@H](OC(=O)N2CCc3ccccc3C2)C[C@H]1C(N)=O. The number of nitrogens with two attached hydrogens (primary N) is 1. The average Bonchev–Trinajstić information content (AvgIpc) is 4.07. The molecule has 7 rings (SSSR count). The van der Waals surface area contributed by atoms with Gasteiger partial charge in [0.2, 0.25) is 21.8 Å².